The number of likely N-dealkylation sites (N-methyl/N-ethyl adjacent to an activating group) is 1. The van der Waals surface area contributed by atoms with Gasteiger partial charge in [-0.25, -0.2) is 14.0 Å². The van der Waals surface area contributed by atoms with E-state index in [1.807, 2.05) is 43.3 Å². The number of alkyl halides is 1. The second-order valence-electron chi connectivity index (χ2n) is 17.4. The molecule has 14 heteroatoms. The van der Waals surface area contributed by atoms with Gasteiger partial charge in [-0.1, -0.05) is 46.8 Å². The summed E-state index contributed by atoms with van der Waals surface area (Å²) >= 11 is 0. The average molecular weight is 797 g/mol. The fourth-order valence-corrected chi connectivity index (χ4v) is 9.28. The van der Waals surface area contributed by atoms with Crippen LogP contribution >= 0.6 is 0 Å². The molecule has 1 unspecified atom stereocenters. The number of rotatable bonds is 8. The van der Waals surface area contributed by atoms with Crippen LogP contribution in [-0.4, -0.2) is 113 Å². The summed E-state index contributed by atoms with van der Waals surface area (Å²) in [5.41, 5.74) is 1.97. The second kappa shape index (κ2) is 17.1. The first-order chi connectivity index (χ1) is 26.6. The Bertz CT molecular complexity index is 1860. The lowest BCUT2D eigenvalue weighted by molar-refractivity contribution is -0.212. The molecule has 2 saturated heterocycles. The molecule has 13 atom stereocenters. The summed E-state index contributed by atoms with van der Waals surface area (Å²) in [4.78, 5) is 61.8. The van der Waals surface area contributed by atoms with Gasteiger partial charge in [0.05, 0.1) is 42.1 Å². The number of halogens is 1. The number of alkyl carbamates (subject to hydrolysis) is 1. The minimum Gasteiger partial charge on any atom is -0.455 e. The van der Waals surface area contributed by atoms with Crippen LogP contribution in [0.4, 0.5) is 14.9 Å². The molecule has 13 nitrogen and oxygen atoms in total. The summed E-state index contributed by atoms with van der Waals surface area (Å²) in [7, 11) is 3.74. The molecular formula is C43H61FN4O9. The number of anilines is 1. The molecule has 57 heavy (non-hydrogen) atoms. The monoisotopic (exact) mass is 796 g/mol. The number of fused-ring (bicyclic) bond motifs is 2. The molecule has 0 radical (unpaired) electrons. The van der Waals surface area contributed by atoms with Crippen LogP contribution < -0.4 is 11.1 Å². The number of amides is 1. The first-order valence-corrected chi connectivity index (χ1v) is 20.1. The third-order valence-corrected chi connectivity index (χ3v) is 12.5. The van der Waals surface area contributed by atoms with Crippen LogP contribution in [0.3, 0.4) is 0 Å². The van der Waals surface area contributed by atoms with Crippen molar-refractivity contribution < 1.29 is 47.6 Å². The number of carbonyl (C=O) groups is 4. The number of ketones is 2. The lowest BCUT2D eigenvalue weighted by Gasteiger charge is -2.47. The molecule has 1 aromatic carbocycles. The summed E-state index contributed by atoms with van der Waals surface area (Å²) in [6.07, 6.45) is 1.52. The zero-order valence-electron chi connectivity index (χ0n) is 34.9. The Morgan fingerprint density at radius 3 is 2.44 bits per heavy atom. The lowest BCUT2D eigenvalue weighted by Crippen LogP contribution is -2.61. The number of pyridine rings is 1. The SMILES string of the molecule is CC[C@@H]1OC(=O)C(C)(F)C(=O)[C@H](C)[C@@H](O[C@@H]2C[C@H](C)C[C@H](N(C)C)[C@H]2O)[C@@](C)(OC/C=C/c2cnc3ccc(N)cc3c2)C[C@@H](C)C(=O)[C@@H](C)[C@H]2NC(=O)O[C@]12C. The number of nitrogens with two attached hydrogens (primary N) is 1. The van der Waals surface area contributed by atoms with Crippen molar-refractivity contribution >= 4 is 46.3 Å². The number of benzene rings is 1. The van der Waals surface area contributed by atoms with Crippen LogP contribution in [0, 0.1) is 23.7 Å². The molecular weight excluding hydrogens is 735 g/mol. The van der Waals surface area contributed by atoms with Gasteiger partial charge in [0.25, 0.3) is 5.67 Å². The molecule has 5 rings (SSSR count). The molecule has 1 aliphatic carbocycles. The fourth-order valence-electron chi connectivity index (χ4n) is 9.28. The number of aromatic nitrogens is 1. The van der Waals surface area contributed by atoms with Crippen molar-refractivity contribution in [2.24, 2.45) is 23.7 Å². The highest BCUT2D eigenvalue weighted by Gasteiger charge is 2.59. The van der Waals surface area contributed by atoms with E-state index in [0.717, 1.165) is 23.4 Å². The number of Topliss-reactive ketones (excluding diaryl/α,β-unsaturated/α-hetero) is 2. The van der Waals surface area contributed by atoms with Gasteiger partial charge >= 0.3 is 12.1 Å². The van der Waals surface area contributed by atoms with Crippen molar-refractivity contribution in [1.29, 1.82) is 0 Å². The second-order valence-corrected chi connectivity index (χ2v) is 17.4. The van der Waals surface area contributed by atoms with Crippen LogP contribution in [0.2, 0.25) is 0 Å². The van der Waals surface area contributed by atoms with Crippen molar-refractivity contribution in [1.82, 2.24) is 15.2 Å². The van der Waals surface area contributed by atoms with Gasteiger partial charge in [-0.15, -0.1) is 0 Å². The van der Waals surface area contributed by atoms with E-state index in [0.29, 0.717) is 18.5 Å². The van der Waals surface area contributed by atoms with Gasteiger partial charge in [0, 0.05) is 41.1 Å². The Morgan fingerprint density at radius 2 is 1.77 bits per heavy atom. The highest BCUT2D eigenvalue weighted by molar-refractivity contribution is 6.08. The van der Waals surface area contributed by atoms with Gasteiger partial charge in [0.1, 0.15) is 11.9 Å². The number of cyclic esters (lactones) is 1. The predicted octanol–water partition coefficient (Wildman–Crippen LogP) is 5.45. The van der Waals surface area contributed by atoms with E-state index in [1.165, 1.54) is 13.8 Å². The first-order valence-electron chi connectivity index (χ1n) is 20.1. The Hall–Kier alpha value is -3.98. The van der Waals surface area contributed by atoms with Crippen molar-refractivity contribution in [3.8, 4) is 0 Å². The highest BCUT2D eigenvalue weighted by Crippen LogP contribution is 2.42. The van der Waals surface area contributed by atoms with E-state index < -0.39 is 82.9 Å². The van der Waals surface area contributed by atoms with Gasteiger partial charge in [-0.05, 0) is 96.3 Å². The van der Waals surface area contributed by atoms with Crippen LogP contribution in [0.15, 0.2) is 36.5 Å². The Kier molecular flexibility index (Phi) is 13.2. The molecule has 2 aliphatic heterocycles. The molecule has 3 fully saturated rings. The number of nitrogens with one attached hydrogen (secondary N) is 1. The van der Waals surface area contributed by atoms with Crippen molar-refractivity contribution in [2.75, 3.05) is 26.4 Å². The average Bonchev–Trinajstić information content (AvgIpc) is 3.47. The number of esters is 1. The first kappa shape index (κ1) is 44.1. The van der Waals surface area contributed by atoms with E-state index in [1.54, 1.807) is 46.0 Å². The van der Waals surface area contributed by atoms with E-state index in [9.17, 15) is 24.3 Å². The van der Waals surface area contributed by atoms with Gasteiger partial charge in [-0.3, -0.25) is 14.6 Å². The van der Waals surface area contributed by atoms with Crippen LogP contribution in [0.25, 0.3) is 17.0 Å². The Balaban J connectivity index is 1.58. The number of aliphatic hydroxyl groups is 1. The molecule has 4 N–H and O–H groups in total. The summed E-state index contributed by atoms with van der Waals surface area (Å²) in [6.45, 7) is 12.7. The van der Waals surface area contributed by atoms with Crippen LogP contribution in [0.1, 0.15) is 86.6 Å². The van der Waals surface area contributed by atoms with Crippen molar-refractivity contribution in [3.63, 3.8) is 0 Å². The topological polar surface area (TPSA) is 180 Å². The largest absolute Gasteiger partial charge is 0.455 e. The third-order valence-electron chi connectivity index (χ3n) is 12.5. The number of carbonyl (C=O) groups excluding carboxylic acids is 4. The number of hydrogen-bond acceptors (Lipinski definition) is 12. The molecule has 314 valence electrons. The van der Waals surface area contributed by atoms with Gasteiger partial charge < -0.3 is 40.0 Å². The molecule has 1 saturated carbocycles. The molecule has 2 aromatic rings. The predicted molar refractivity (Wildman–Crippen MR) is 214 cm³/mol. The number of nitrogens with zero attached hydrogens (tertiary/aromatic N) is 2. The normalized spacial score (nSPS) is 38.5. The zero-order chi connectivity index (χ0) is 42.2. The maximum absolute atomic E-state index is 16.9. The molecule has 0 spiro atoms. The van der Waals surface area contributed by atoms with E-state index in [2.05, 4.69) is 17.2 Å². The summed E-state index contributed by atoms with van der Waals surface area (Å²) in [5.74, 6) is -5.61. The van der Waals surface area contributed by atoms with Crippen molar-refractivity contribution in [2.45, 2.75) is 134 Å². The maximum Gasteiger partial charge on any atom is 0.408 e. The quantitative estimate of drug-likeness (QED) is 0.175. The van der Waals surface area contributed by atoms with Gasteiger partial charge in [0.15, 0.2) is 11.4 Å². The molecule has 0 bridgehead atoms. The summed E-state index contributed by atoms with van der Waals surface area (Å²) in [6, 6.07) is 6.17. The number of ether oxygens (including phenoxy) is 4. The Morgan fingerprint density at radius 1 is 1.07 bits per heavy atom. The molecule has 3 aliphatic rings. The smallest absolute Gasteiger partial charge is 0.408 e. The summed E-state index contributed by atoms with van der Waals surface area (Å²) in [5, 5.41) is 15.3. The molecule has 3 heterocycles. The van der Waals surface area contributed by atoms with E-state index in [-0.39, 0.29) is 37.2 Å². The van der Waals surface area contributed by atoms with Gasteiger partial charge in [0.2, 0.25) is 0 Å². The lowest BCUT2D eigenvalue weighted by atomic mass is 9.73. The highest BCUT2D eigenvalue weighted by atomic mass is 19.1. The summed E-state index contributed by atoms with van der Waals surface area (Å²) < 4.78 is 41.8. The number of nitrogen functional groups attached to an aromatic ring is 1. The van der Waals surface area contributed by atoms with Gasteiger partial charge in [-0.2, -0.15) is 0 Å². The maximum atomic E-state index is 16.9. The molecule has 1 aromatic heterocycles. The van der Waals surface area contributed by atoms with Crippen LogP contribution in [0.5, 0.6) is 0 Å². The number of hydrogen-bond donors (Lipinski definition) is 3. The van der Waals surface area contributed by atoms with E-state index >= 15 is 4.39 Å². The van der Waals surface area contributed by atoms with E-state index in [4.69, 9.17) is 24.7 Å². The number of aliphatic hydroxyl groups excluding tert-OH is 1. The minimum atomic E-state index is -3.16. The Labute approximate surface area is 335 Å². The fraction of sp³-hybridized carbons (Fsp3) is 0.651. The minimum absolute atomic E-state index is 0.00146. The zero-order valence-corrected chi connectivity index (χ0v) is 34.9. The third kappa shape index (κ3) is 9.04. The molecule has 1 amide bonds. The van der Waals surface area contributed by atoms with Crippen molar-refractivity contribution in [3.05, 3.63) is 42.1 Å². The van der Waals surface area contributed by atoms with Crippen LogP contribution in [-0.2, 0) is 33.3 Å². The standard InChI is InChI=1S/C43H61FN4O9/c1-11-33-43(8)36(47-40(53)57-43)25(4)34(49)24(3)21-41(6,54-16-12-13-27-19-28-20-29(45)14-15-30(28)46-22-27)38(26(5)37(51)42(7,44)39(52)56-33)55-32-18-23(2)17-31(35(32)50)48(9)10/h12-15,19-20,22-26,31-33,35-36,38,50H,11,16-18,21,45H2,1-10H3,(H,47,53)/b13-12+/t23-,24-,25-,26+,31+,32-,33+,35-,36-,38-,41+,42?,43-/m1/s1.